The zero-order valence-corrected chi connectivity index (χ0v) is 9.04. The van der Waals surface area contributed by atoms with E-state index in [9.17, 15) is 0 Å². The molecule has 2 aromatic rings. The van der Waals surface area contributed by atoms with Crippen molar-refractivity contribution in [3.8, 4) is 11.1 Å². The third-order valence-electron chi connectivity index (χ3n) is 2.37. The van der Waals surface area contributed by atoms with Gasteiger partial charge in [0.15, 0.2) is 0 Å². The van der Waals surface area contributed by atoms with Crippen molar-refractivity contribution >= 4 is 11.6 Å². The highest BCUT2D eigenvalue weighted by molar-refractivity contribution is 6.33. The Balaban J connectivity index is 2.42. The summed E-state index contributed by atoms with van der Waals surface area (Å²) in [4.78, 5) is 0. The Morgan fingerprint density at radius 1 is 0.933 bits per heavy atom. The second kappa shape index (κ2) is 4.47. The van der Waals surface area contributed by atoms with E-state index in [0.717, 1.165) is 21.7 Å². The lowest BCUT2D eigenvalue weighted by atomic mass is 10.0. The molecule has 2 heteroatoms. The molecule has 0 spiro atoms. The fraction of sp³-hybridized carbons (Fsp3) is 0.0769. The van der Waals surface area contributed by atoms with Crippen LogP contribution < -0.4 is 5.73 Å². The molecule has 0 aliphatic carbocycles. The summed E-state index contributed by atoms with van der Waals surface area (Å²) in [7, 11) is 0. The van der Waals surface area contributed by atoms with Crippen molar-refractivity contribution in [3.05, 3.63) is 59.1 Å². The van der Waals surface area contributed by atoms with E-state index in [1.54, 1.807) is 0 Å². The molecule has 2 aromatic carbocycles. The fourth-order valence-corrected chi connectivity index (χ4v) is 1.76. The lowest BCUT2D eigenvalue weighted by molar-refractivity contribution is 1.07. The maximum atomic E-state index is 6.11. The second-order valence-corrected chi connectivity index (χ2v) is 3.79. The molecule has 0 aliphatic rings. The van der Waals surface area contributed by atoms with E-state index in [4.69, 9.17) is 17.3 Å². The lowest BCUT2D eigenvalue weighted by Gasteiger charge is -2.04. The van der Waals surface area contributed by atoms with Crippen LogP contribution in [0.15, 0.2) is 48.5 Å². The van der Waals surface area contributed by atoms with Gasteiger partial charge in [0.05, 0.1) is 0 Å². The summed E-state index contributed by atoms with van der Waals surface area (Å²) in [5.41, 5.74) is 8.85. The first-order chi connectivity index (χ1) is 7.31. The van der Waals surface area contributed by atoms with Crippen LogP contribution in [0.1, 0.15) is 5.56 Å². The molecule has 1 nitrogen and oxygen atoms in total. The number of hydrogen-bond acceptors (Lipinski definition) is 1. The van der Waals surface area contributed by atoms with Gasteiger partial charge in [-0.15, -0.1) is 0 Å². The van der Waals surface area contributed by atoms with Crippen molar-refractivity contribution in [2.24, 2.45) is 5.73 Å². The van der Waals surface area contributed by atoms with Crippen molar-refractivity contribution in [2.75, 3.05) is 0 Å². The SMILES string of the molecule is NCc1ccc(-c2ccccc2Cl)cc1. The van der Waals surface area contributed by atoms with Gasteiger partial charge in [-0.1, -0.05) is 54.1 Å². The smallest absolute Gasteiger partial charge is 0.0484 e. The summed E-state index contributed by atoms with van der Waals surface area (Å²) < 4.78 is 0. The van der Waals surface area contributed by atoms with Gasteiger partial charge in [-0.3, -0.25) is 0 Å². The Kier molecular flexibility index (Phi) is 3.05. The molecule has 0 saturated carbocycles. The summed E-state index contributed by atoms with van der Waals surface area (Å²) in [5, 5.41) is 0.776. The van der Waals surface area contributed by atoms with Crippen LogP contribution in [-0.2, 0) is 6.54 Å². The van der Waals surface area contributed by atoms with Gasteiger partial charge in [0.1, 0.15) is 0 Å². The Morgan fingerprint density at radius 3 is 2.20 bits per heavy atom. The van der Waals surface area contributed by atoms with Gasteiger partial charge in [-0.05, 0) is 17.2 Å². The molecule has 0 amide bonds. The molecule has 0 unspecified atom stereocenters. The van der Waals surface area contributed by atoms with Gasteiger partial charge in [0.25, 0.3) is 0 Å². The molecule has 2 rings (SSSR count). The molecule has 0 saturated heterocycles. The van der Waals surface area contributed by atoms with Gasteiger partial charge >= 0.3 is 0 Å². The van der Waals surface area contributed by atoms with Gasteiger partial charge in [-0.25, -0.2) is 0 Å². The van der Waals surface area contributed by atoms with Gasteiger partial charge in [-0.2, -0.15) is 0 Å². The third kappa shape index (κ3) is 2.20. The van der Waals surface area contributed by atoms with Crippen LogP contribution in [-0.4, -0.2) is 0 Å². The first-order valence-electron chi connectivity index (χ1n) is 4.85. The van der Waals surface area contributed by atoms with Crippen LogP contribution in [0.2, 0.25) is 5.02 Å². The molecule has 0 atom stereocenters. The van der Waals surface area contributed by atoms with Crippen molar-refractivity contribution in [1.82, 2.24) is 0 Å². The van der Waals surface area contributed by atoms with Crippen LogP contribution in [0, 0.1) is 0 Å². The predicted octanol–water partition coefficient (Wildman–Crippen LogP) is 3.47. The van der Waals surface area contributed by atoms with Gasteiger partial charge < -0.3 is 5.73 Å². The lowest BCUT2D eigenvalue weighted by Crippen LogP contribution is -1.95. The summed E-state index contributed by atoms with van der Waals surface area (Å²) >= 11 is 6.11. The molecule has 15 heavy (non-hydrogen) atoms. The number of benzene rings is 2. The average Bonchev–Trinajstić information content (AvgIpc) is 2.30. The third-order valence-corrected chi connectivity index (χ3v) is 2.70. The van der Waals surface area contributed by atoms with E-state index in [-0.39, 0.29) is 0 Å². The molecule has 0 fully saturated rings. The van der Waals surface area contributed by atoms with Crippen LogP contribution >= 0.6 is 11.6 Å². The van der Waals surface area contributed by atoms with Crippen molar-refractivity contribution < 1.29 is 0 Å². The minimum atomic E-state index is 0.572. The molecular weight excluding hydrogens is 206 g/mol. The quantitative estimate of drug-likeness (QED) is 0.819. The highest BCUT2D eigenvalue weighted by atomic mass is 35.5. The largest absolute Gasteiger partial charge is 0.326 e. The average molecular weight is 218 g/mol. The van der Waals surface area contributed by atoms with Crippen LogP contribution in [0.5, 0.6) is 0 Å². The van der Waals surface area contributed by atoms with E-state index in [2.05, 4.69) is 0 Å². The highest BCUT2D eigenvalue weighted by Gasteiger charge is 2.01. The molecule has 0 radical (unpaired) electrons. The monoisotopic (exact) mass is 217 g/mol. The van der Waals surface area contributed by atoms with E-state index >= 15 is 0 Å². The summed E-state index contributed by atoms with van der Waals surface area (Å²) in [5.74, 6) is 0. The number of rotatable bonds is 2. The van der Waals surface area contributed by atoms with Crippen molar-refractivity contribution in [3.63, 3.8) is 0 Å². The molecule has 0 heterocycles. The first-order valence-corrected chi connectivity index (χ1v) is 5.23. The summed E-state index contributed by atoms with van der Waals surface area (Å²) in [6.07, 6.45) is 0. The highest BCUT2D eigenvalue weighted by Crippen LogP contribution is 2.27. The minimum absolute atomic E-state index is 0.572. The standard InChI is InChI=1S/C13H12ClN/c14-13-4-2-1-3-12(13)11-7-5-10(9-15)6-8-11/h1-8H,9,15H2. The van der Waals surface area contributed by atoms with Crippen LogP contribution in [0.3, 0.4) is 0 Å². The maximum absolute atomic E-state index is 6.11. The minimum Gasteiger partial charge on any atom is -0.326 e. The second-order valence-electron chi connectivity index (χ2n) is 3.38. The number of halogens is 1. The number of hydrogen-bond donors (Lipinski definition) is 1. The Hall–Kier alpha value is -1.31. The van der Waals surface area contributed by atoms with E-state index in [0.29, 0.717) is 6.54 Å². The van der Waals surface area contributed by atoms with E-state index in [1.807, 2.05) is 48.5 Å². The van der Waals surface area contributed by atoms with Crippen molar-refractivity contribution in [2.45, 2.75) is 6.54 Å². The predicted molar refractivity (Wildman–Crippen MR) is 64.8 cm³/mol. The normalized spacial score (nSPS) is 10.3. The van der Waals surface area contributed by atoms with Crippen LogP contribution in [0.4, 0.5) is 0 Å². The Bertz CT molecular complexity index is 448. The molecule has 0 aromatic heterocycles. The van der Waals surface area contributed by atoms with E-state index < -0.39 is 0 Å². The zero-order chi connectivity index (χ0) is 10.7. The molecular formula is C13H12ClN. The molecule has 0 aliphatic heterocycles. The molecule has 76 valence electrons. The van der Waals surface area contributed by atoms with E-state index in [1.165, 1.54) is 0 Å². The fourth-order valence-electron chi connectivity index (χ4n) is 1.52. The van der Waals surface area contributed by atoms with Gasteiger partial charge in [0.2, 0.25) is 0 Å². The van der Waals surface area contributed by atoms with Crippen molar-refractivity contribution in [1.29, 1.82) is 0 Å². The Morgan fingerprint density at radius 2 is 1.60 bits per heavy atom. The summed E-state index contributed by atoms with van der Waals surface area (Å²) in [6.45, 7) is 0.572. The topological polar surface area (TPSA) is 26.0 Å². The van der Waals surface area contributed by atoms with Crippen LogP contribution in [0.25, 0.3) is 11.1 Å². The molecule has 0 bridgehead atoms. The summed E-state index contributed by atoms with van der Waals surface area (Å²) in [6, 6.07) is 16.0. The first kappa shape index (κ1) is 10.2. The van der Waals surface area contributed by atoms with Gasteiger partial charge in [0, 0.05) is 17.1 Å². The maximum Gasteiger partial charge on any atom is 0.0484 e. The number of nitrogens with two attached hydrogens (primary N) is 1. The molecule has 2 N–H and O–H groups in total. The Labute approximate surface area is 94.5 Å². The zero-order valence-electron chi connectivity index (χ0n) is 8.28.